The first-order chi connectivity index (χ1) is 34.5. The summed E-state index contributed by atoms with van der Waals surface area (Å²) in [7, 11) is 10.5. The molecule has 0 heterocycles. The molecule has 2 aromatic carbocycles. The molecule has 0 N–H and O–H groups in total. The predicted molar refractivity (Wildman–Crippen MR) is 375 cm³/mol. The molecule has 6 unspecified atom stereocenters. The Morgan fingerprint density at radius 1 is 0.618 bits per heavy atom. The zero-order valence-electron chi connectivity index (χ0n) is 49.2. The molecule has 10 heteroatoms. The third kappa shape index (κ3) is 19.3. The average molecular weight is 1790 g/mol. The van der Waals surface area contributed by atoms with Crippen molar-refractivity contribution in [1.29, 1.82) is 0 Å². The van der Waals surface area contributed by atoms with Crippen LogP contribution in [0.3, 0.4) is 0 Å². The van der Waals surface area contributed by atoms with Gasteiger partial charge in [0.05, 0.1) is 0 Å². The van der Waals surface area contributed by atoms with E-state index < -0.39 is 20.8 Å². The van der Waals surface area contributed by atoms with E-state index in [1.165, 1.54) is 71.1 Å². The molecule has 421 valence electrons. The summed E-state index contributed by atoms with van der Waals surface area (Å²) in [5.74, 6) is 4.53. The van der Waals surface area contributed by atoms with Crippen molar-refractivity contribution >= 4 is 117 Å². The van der Waals surface area contributed by atoms with Crippen LogP contribution >= 0.6 is 117 Å². The SMILES string of the molecule is C=CCCC(C)(C1=CCC=C1)C1c2cc(C(C)(C)C)ccc2-c2ccc(C(C)(C)C)cc21.C=CCCC(C)(C1CCCC1)C1C2C=C(C(C)(C)C)C=CC2C2C=CC(C(C)(C)C)=CC21.[CH3-].[CH3-].[Cl][Zr+2][Cl].[I][V]([I])[I].[I][V][I]. The fraction of sp³-hybridized carbons (Fsp3) is 0.545. The summed E-state index contributed by atoms with van der Waals surface area (Å²) in [6, 6.07) is 14.5. The monoisotopic (exact) mass is 1780 g/mol. The van der Waals surface area contributed by atoms with Crippen LogP contribution in [0.25, 0.3) is 11.1 Å². The summed E-state index contributed by atoms with van der Waals surface area (Å²) in [5, 5.41) is 0. The van der Waals surface area contributed by atoms with Crippen LogP contribution in [0.15, 0.2) is 133 Å². The van der Waals surface area contributed by atoms with Crippen molar-refractivity contribution in [3.63, 3.8) is 0 Å². The topological polar surface area (TPSA) is 0 Å². The molecule has 2 aromatic rings. The van der Waals surface area contributed by atoms with Crippen LogP contribution in [0.1, 0.15) is 183 Å². The Bertz CT molecular complexity index is 2260. The Balaban J connectivity index is 0.000000433. The molecule has 2 saturated carbocycles. The summed E-state index contributed by atoms with van der Waals surface area (Å²) in [6.45, 7) is 41.6. The van der Waals surface area contributed by atoms with Crippen LogP contribution in [-0.4, -0.2) is 0 Å². The van der Waals surface area contributed by atoms with Crippen molar-refractivity contribution in [2.45, 2.75) is 171 Å². The molecule has 0 aromatic heterocycles. The molecule has 0 saturated heterocycles. The van der Waals surface area contributed by atoms with Crippen LogP contribution in [-0.2, 0) is 46.1 Å². The maximum atomic E-state index is 4.93. The summed E-state index contributed by atoms with van der Waals surface area (Å²) in [5.41, 5.74) is 14.4. The Morgan fingerprint density at radius 2 is 1.01 bits per heavy atom. The Hall–Kier alpha value is 2.64. The van der Waals surface area contributed by atoms with Gasteiger partial charge in [0, 0.05) is 11.3 Å². The number of halogens is 7. The molecule has 0 bridgehead atoms. The summed E-state index contributed by atoms with van der Waals surface area (Å²) >= 11 is 11.3. The second-order valence-electron chi connectivity index (χ2n) is 26.0. The van der Waals surface area contributed by atoms with Crippen molar-refractivity contribution in [1.82, 2.24) is 0 Å². The van der Waals surface area contributed by atoms with Crippen LogP contribution in [0.4, 0.5) is 0 Å². The molecule has 0 amide bonds. The Morgan fingerprint density at radius 3 is 1.36 bits per heavy atom. The Kier molecular flexibility index (Phi) is 32.4. The first-order valence-corrected chi connectivity index (χ1v) is 55.7. The maximum absolute atomic E-state index is 4.93. The number of benzene rings is 2. The van der Waals surface area contributed by atoms with Gasteiger partial charge in [-0.15, -0.1) is 13.2 Å². The van der Waals surface area contributed by atoms with Crippen LogP contribution in [0, 0.1) is 72.0 Å². The molecular weight excluding hydrogens is 1690 g/mol. The second kappa shape index (κ2) is 33.0. The molecule has 6 aliphatic rings. The quantitative estimate of drug-likeness (QED) is 0.126. The summed E-state index contributed by atoms with van der Waals surface area (Å²) in [6.07, 6.45) is 38.3. The number of hydrogen-bond donors (Lipinski definition) is 0. The van der Waals surface area contributed by atoms with Gasteiger partial charge in [0.1, 0.15) is 0 Å². The number of fused-ring (bicyclic) bond motifs is 6. The third-order valence-corrected chi connectivity index (χ3v) is 17.3. The van der Waals surface area contributed by atoms with E-state index in [0.717, 1.165) is 31.6 Å². The van der Waals surface area contributed by atoms with E-state index in [4.69, 9.17) is 17.0 Å². The number of hydrogen-bond acceptors (Lipinski definition) is 0. The van der Waals surface area contributed by atoms with Gasteiger partial charge in [0.15, 0.2) is 0 Å². The van der Waals surface area contributed by atoms with Gasteiger partial charge in [-0.05, 0) is 158 Å². The molecule has 8 rings (SSSR count). The Labute approximate surface area is 553 Å². The second-order valence-corrected chi connectivity index (χ2v) is 76.9. The predicted octanol–water partition coefficient (Wildman–Crippen LogP) is 25.3. The molecule has 76 heavy (non-hydrogen) atoms. The number of allylic oxidation sites excluding steroid dienone is 14. The molecule has 0 spiro atoms. The molecule has 6 aliphatic carbocycles. The van der Waals surface area contributed by atoms with Crippen molar-refractivity contribution < 1.29 is 35.2 Å². The van der Waals surface area contributed by atoms with Crippen molar-refractivity contribution in [2.24, 2.45) is 57.2 Å². The molecule has 0 radical (unpaired) electrons. The molecule has 6 atom stereocenters. The van der Waals surface area contributed by atoms with E-state index in [-0.39, 0.29) is 46.8 Å². The van der Waals surface area contributed by atoms with Gasteiger partial charge < -0.3 is 14.9 Å². The summed E-state index contributed by atoms with van der Waals surface area (Å²) in [4.78, 5) is -0.278. The van der Waals surface area contributed by atoms with Gasteiger partial charge >= 0.3 is 152 Å². The van der Waals surface area contributed by atoms with E-state index in [1.807, 2.05) is 0 Å². The van der Waals surface area contributed by atoms with Crippen molar-refractivity contribution in [3.05, 3.63) is 170 Å². The first-order valence-electron chi connectivity index (χ1n) is 26.8. The fourth-order valence-corrected chi connectivity index (χ4v) is 13.3. The van der Waals surface area contributed by atoms with Gasteiger partial charge in [-0.2, -0.15) is 0 Å². The third-order valence-electron chi connectivity index (χ3n) is 17.3. The van der Waals surface area contributed by atoms with E-state index >= 15 is 0 Å². The minimum absolute atomic E-state index is 0. The average Bonchev–Trinajstić information content (AvgIpc) is 4.15. The van der Waals surface area contributed by atoms with Crippen LogP contribution < -0.4 is 0 Å². The molecule has 2 fully saturated rings. The van der Waals surface area contributed by atoms with E-state index in [1.54, 1.807) is 11.1 Å². The van der Waals surface area contributed by atoms with Gasteiger partial charge in [0.25, 0.3) is 0 Å². The minimum atomic E-state index is -0.826. The fourth-order valence-electron chi connectivity index (χ4n) is 13.3. The molecular formula is C66H94Cl2I5V2Zr. The van der Waals surface area contributed by atoms with Gasteiger partial charge in [0.2, 0.25) is 0 Å². The van der Waals surface area contributed by atoms with E-state index in [2.05, 4.69) is 313 Å². The van der Waals surface area contributed by atoms with Gasteiger partial charge in [-0.3, -0.25) is 0 Å². The van der Waals surface area contributed by atoms with Crippen molar-refractivity contribution in [2.75, 3.05) is 0 Å². The van der Waals surface area contributed by atoms with Crippen LogP contribution in [0.2, 0.25) is 0 Å². The normalized spacial score (nSPS) is 22.8. The van der Waals surface area contributed by atoms with E-state index in [0.29, 0.717) is 50.4 Å². The summed E-state index contributed by atoms with van der Waals surface area (Å²) < 4.78 is 0. The molecule has 0 aliphatic heterocycles. The van der Waals surface area contributed by atoms with Gasteiger partial charge in [-0.1, -0.05) is 213 Å². The van der Waals surface area contributed by atoms with Gasteiger partial charge in [-0.25, -0.2) is 0 Å². The van der Waals surface area contributed by atoms with E-state index in [9.17, 15) is 0 Å². The van der Waals surface area contributed by atoms with Crippen LogP contribution in [0.5, 0.6) is 0 Å². The zero-order chi connectivity index (χ0) is 55.6. The zero-order valence-corrected chi connectivity index (χ0v) is 66.7. The number of rotatable bonds is 10. The standard InChI is InChI=1S/C32H48.C32H40.2CH3.2ClH.5HI.2V.Zr/c2*1-9-10-19-32(8,22-13-11-12-14-22)29-27-20-23(30(2,3)4)15-17-25(27)26-18-16-24(21-28(26)29)31(5,6)7;;;;;;;;;;;;/h9,15-18,20-22,25-29H,1,10-14,19H2,2-8H3;9,11,13-18,20-21,29H,1,10,12,19H2,2-8H3;2*1H3;7*1H;;;/q;;2*-1;;;;;;;;+2;+3;+4/p-7. The first kappa shape index (κ1) is 74.7. The molecule has 0 nitrogen and oxygen atoms in total. The van der Waals surface area contributed by atoms with Crippen molar-refractivity contribution in [3.8, 4) is 11.1 Å².